The zero-order chi connectivity index (χ0) is 13.1. The van der Waals surface area contributed by atoms with Crippen molar-refractivity contribution in [1.82, 2.24) is 0 Å². The van der Waals surface area contributed by atoms with Crippen LogP contribution < -0.4 is 0 Å². The van der Waals surface area contributed by atoms with Gasteiger partial charge in [-0.3, -0.25) is 4.79 Å². The fourth-order valence-corrected chi connectivity index (χ4v) is 2.64. The smallest absolute Gasteiger partial charge is 0.310 e. The zero-order valence-corrected chi connectivity index (χ0v) is 11.4. The van der Waals surface area contributed by atoms with E-state index in [-0.39, 0.29) is 11.3 Å². The van der Waals surface area contributed by atoms with Crippen LogP contribution in [0, 0.1) is 11.3 Å². The van der Waals surface area contributed by atoms with Gasteiger partial charge in [-0.15, -0.1) is 0 Å². The summed E-state index contributed by atoms with van der Waals surface area (Å²) >= 11 is 0. The molecule has 1 rings (SSSR count). The summed E-state index contributed by atoms with van der Waals surface area (Å²) in [6.45, 7) is 8.52. The highest BCUT2D eigenvalue weighted by Gasteiger charge is 2.27. The van der Waals surface area contributed by atoms with Gasteiger partial charge in [0.25, 0.3) is 0 Å². The Balaban J connectivity index is 2.93. The van der Waals surface area contributed by atoms with Crippen LogP contribution in [0.1, 0.15) is 53.4 Å². The molecule has 0 spiro atoms. The van der Waals surface area contributed by atoms with E-state index in [9.17, 15) is 9.90 Å². The third kappa shape index (κ3) is 4.03. The summed E-state index contributed by atoms with van der Waals surface area (Å²) in [6, 6.07) is 0. The van der Waals surface area contributed by atoms with Crippen LogP contribution in [-0.2, 0) is 4.79 Å². The van der Waals surface area contributed by atoms with Gasteiger partial charge < -0.3 is 5.11 Å². The van der Waals surface area contributed by atoms with Gasteiger partial charge in [0.2, 0.25) is 0 Å². The van der Waals surface area contributed by atoms with Crippen LogP contribution in [0.25, 0.3) is 0 Å². The number of carboxylic acid groups (broad SMARTS) is 1. The second-order valence-electron chi connectivity index (χ2n) is 5.83. The number of carboxylic acids is 1. The molecule has 0 fully saturated rings. The first kappa shape index (κ1) is 14.0. The molecule has 0 aliphatic heterocycles. The summed E-state index contributed by atoms with van der Waals surface area (Å²) in [6.07, 6.45) is 8.01. The Bertz CT molecular complexity index is 348. The lowest BCUT2D eigenvalue weighted by Crippen LogP contribution is -2.21. The Labute approximate surface area is 104 Å². The fourth-order valence-electron chi connectivity index (χ4n) is 2.64. The van der Waals surface area contributed by atoms with Crippen LogP contribution in [0.3, 0.4) is 0 Å². The fraction of sp³-hybridized carbons (Fsp3) is 0.667. The molecular weight excluding hydrogens is 212 g/mol. The highest BCUT2D eigenvalue weighted by atomic mass is 16.4. The molecule has 0 heterocycles. The van der Waals surface area contributed by atoms with E-state index in [2.05, 4.69) is 39.8 Å². The molecule has 1 N–H and O–H groups in total. The maximum absolute atomic E-state index is 11.4. The number of rotatable bonds is 5. The molecule has 0 aromatic heterocycles. The van der Waals surface area contributed by atoms with E-state index in [1.807, 2.05) is 0 Å². The molecule has 0 aromatic carbocycles. The molecule has 1 unspecified atom stereocenters. The van der Waals surface area contributed by atoms with Crippen molar-refractivity contribution in [2.24, 2.45) is 11.3 Å². The molecule has 17 heavy (non-hydrogen) atoms. The van der Waals surface area contributed by atoms with Gasteiger partial charge in [0.15, 0.2) is 0 Å². The molecule has 0 saturated carbocycles. The second-order valence-corrected chi connectivity index (χ2v) is 5.83. The predicted molar refractivity (Wildman–Crippen MR) is 70.9 cm³/mol. The molecule has 2 heteroatoms. The number of aliphatic carboxylic acids is 1. The molecule has 96 valence electrons. The summed E-state index contributed by atoms with van der Waals surface area (Å²) in [5.74, 6) is -1.02. The normalized spacial score (nSPS) is 20.5. The van der Waals surface area contributed by atoms with Crippen LogP contribution in [-0.4, -0.2) is 11.1 Å². The Morgan fingerprint density at radius 1 is 1.53 bits per heavy atom. The average Bonchev–Trinajstić information content (AvgIpc) is 2.14. The van der Waals surface area contributed by atoms with Crippen LogP contribution in [0.5, 0.6) is 0 Å². The topological polar surface area (TPSA) is 37.3 Å². The van der Waals surface area contributed by atoms with Crippen LogP contribution in [0.2, 0.25) is 0 Å². The molecular formula is C15H24O2. The minimum atomic E-state index is -0.688. The van der Waals surface area contributed by atoms with Crippen molar-refractivity contribution >= 4 is 5.97 Å². The Morgan fingerprint density at radius 3 is 2.65 bits per heavy atom. The third-order valence-corrected chi connectivity index (χ3v) is 3.25. The van der Waals surface area contributed by atoms with Crippen LogP contribution in [0.4, 0.5) is 0 Å². The quantitative estimate of drug-likeness (QED) is 0.777. The van der Waals surface area contributed by atoms with E-state index >= 15 is 0 Å². The molecule has 1 aliphatic rings. The first-order valence-electron chi connectivity index (χ1n) is 6.48. The Hall–Kier alpha value is -1.05. The van der Waals surface area contributed by atoms with E-state index in [0.29, 0.717) is 0 Å². The summed E-state index contributed by atoms with van der Waals surface area (Å²) in [4.78, 5) is 11.4. The lowest BCUT2D eigenvalue weighted by Gasteiger charge is -2.28. The molecule has 0 aromatic rings. The highest BCUT2D eigenvalue weighted by molar-refractivity contribution is 5.75. The average molecular weight is 236 g/mol. The maximum Gasteiger partial charge on any atom is 0.310 e. The summed E-state index contributed by atoms with van der Waals surface area (Å²) < 4.78 is 0. The minimum absolute atomic E-state index is 0.0914. The first-order valence-corrected chi connectivity index (χ1v) is 6.48. The van der Waals surface area contributed by atoms with Crippen molar-refractivity contribution in [2.45, 2.75) is 53.4 Å². The van der Waals surface area contributed by atoms with Crippen molar-refractivity contribution in [3.05, 3.63) is 23.3 Å². The lowest BCUT2D eigenvalue weighted by molar-refractivity contribution is -0.140. The van der Waals surface area contributed by atoms with Gasteiger partial charge in [-0.05, 0) is 30.8 Å². The molecule has 0 amide bonds. The Kier molecular flexibility index (Phi) is 4.55. The predicted octanol–water partition coefficient (Wildman–Crippen LogP) is 4.18. The van der Waals surface area contributed by atoms with Crippen molar-refractivity contribution < 1.29 is 9.90 Å². The van der Waals surface area contributed by atoms with Gasteiger partial charge in [-0.25, -0.2) is 0 Å². The third-order valence-electron chi connectivity index (χ3n) is 3.25. The van der Waals surface area contributed by atoms with E-state index < -0.39 is 5.97 Å². The number of hydrogen-bond acceptors (Lipinski definition) is 1. The number of unbranched alkanes of at least 4 members (excludes halogenated alkanes) is 1. The maximum atomic E-state index is 11.4. The van der Waals surface area contributed by atoms with Crippen molar-refractivity contribution in [1.29, 1.82) is 0 Å². The molecule has 2 nitrogen and oxygen atoms in total. The minimum Gasteiger partial charge on any atom is -0.481 e. The van der Waals surface area contributed by atoms with E-state index in [4.69, 9.17) is 0 Å². The van der Waals surface area contributed by atoms with Crippen LogP contribution in [0.15, 0.2) is 23.3 Å². The standard InChI is InChI=1S/C15H24O2/c1-5-6-7-13(14(16)17)12-8-11(2)9-15(3,4)10-12/h8,10,13H,5-7,9H2,1-4H3,(H,16,17). The second kappa shape index (κ2) is 5.52. The molecule has 0 saturated heterocycles. The monoisotopic (exact) mass is 236 g/mol. The van der Waals surface area contributed by atoms with Gasteiger partial charge in [0.1, 0.15) is 0 Å². The number of allylic oxidation sites excluding steroid dienone is 3. The lowest BCUT2D eigenvalue weighted by atomic mass is 9.76. The van der Waals surface area contributed by atoms with Gasteiger partial charge >= 0.3 is 5.97 Å². The molecule has 1 atom stereocenters. The SMILES string of the molecule is CCCCC(C(=O)O)C1=CC(C)(C)CC(C)=C1. The summed E-state index contributed by atoms with van der Waals surface area (Å²) in [5, 5.41) is 9.34. The van der Waals surface area contributed by atoms with Crippen molar-refractivity contribution in [2.75, 3.05) is 0 Å². The van der Waals surface area contributed by atoms with E-state index in [0.717, 1.165) is 31.3 Å². The largest absolute Gasteiger partial charge is 0.481 e. The molecule has 0 bridgehead atoms. The first-order chi connectivity index (χ1) is 7.85. The van der Waals surface area contributed by atoms with E-state index in [1.54, 1.807) is 0 Å². The zero-order valence-electron chi connectivity index (χ0n) is 11.4. The van der Waals surface area contributed by atoms with Gasteiger partial charge in [0, 0.05) is 0 Å². The van der Waals surface area contributed by atoms with Gasteiger partial charge in [-0.2, -0.15) is 0 Å². The van der Waals surface area contributed by atoms with Crippen molar-refractivity contribution in [3.8, 4) is 0 Å². The van der Waals surface area contributed by atoms with Crippen LogP contribution >= 0.6 is 0 Å². The Morgan fingerprint density at radius 2 is 2.18 bits per heavy atom. The molecule has 1 aliphatic carbocycles. The number of hydrogen-bond donors (Lipinski definition) is 1. The highest BCUT2D eigenvalue weighted by Crippen LogP contribution is 2.36. The summed E-state index contributed by atoms with van der Waals surface area (Å²) in [5.41, 5.74) is 2.38. The van der Waals surface area contributed by atoms with Gasteiger partial charge in [-0.1, -0.05) is 51.3 Å². The van der Waals surface area contributed by atoms with Crippen molar-refractivity contribution in [3.63, 3.8) is 0 Å². The number of carbonyl (C=O) groups is 1. The van der Waals surface area contributed by atoms with Gasteiger partial charge in [0.05, 0.1) is 5.92 Å². The molecule has 0 radical (unpaired) electrons. The van der Waals surface area contributed by atoms with E-state index in [1.165, 1.54) is 5.57 Å². The summed E-state index contributed by atoms with van der Waals surface area (Å²) in [7, 11) is 0.